The lowest BCUT2D eigenvalue weighted by Crippen LogP contribution is -2.16. The van der Waals surface area contributed by atoms with Crippen LogP contribution in [0.5, 0.6) is 0 Å². The number of carbonyl (C=O) groups excluding carboxylic acids is 2. The highest BCUT2D eigenvalue weighted by molar-refractivity contribution is 9.09. The molecule has 41 heavy (non-hydrogen) atoms. The molecule has 0 spiro atoms. The second-order valence-electron chi connectivity index (χ2n) is 8.19. The number of nitrogens with two attached hydrogens (primary N) is 1. The number of aryl methyl sites for hydroxylation is 1. The van der Waals surface area contributed by atoms with Gasteiger partial charge in [-0.3, -0.25) is 15.1 Å². The SMILES string of the molecule is CCC(=NCc1ccccc1)NC#N.CCOC(=O)CBr.CCOC(=O)c1c(N)nc(CC)n1Cc1ccccc1. The fraction of sp³-hybridized carbons (Fsp3) is 0.367. The van der Waals surface area contributed by atoms with Gasteiger partial charge in [-0.2, -0.15) is 5.26 Å². The maximum absolute atomic E-state index is 12.0. The number of carbonyl (C=O) groups is 2. The molecule has 3 N–H and O–H groups in total. The third-order valence-electron chi connectivity index (χ3n) is 5.29. The van der Waals surface area contributed by atoms with Crippen LogP contribution in [0.3, 0.4) is 0 Å². The van der Waals surface area contributed by atoms with Crippen molar-refractivity contribution >= 4 is 39.5 Å². The van der Waals surface area contributed by atoms with Crippen LogP contribution in [0.4, 0.5) is 5.82 Å². The molecule has 0 bridgehead atoms. The minimum absolute atomic E-state index is 0.206. The number of alkyl halides is 1. The van der Waals surface area contributed by atoms with Crippen LogP contribution in [0, 0.1) is 11.5 Å². The van der Waals surface area contributed by atoms with Crippen molar-refractivity contribution in [2.75, 3.05) is 24.3 Å². The second-order valence-corrected chi connectivity index (χ2v) is 8.75. The van der Waals surface area contributed by atoms with Crippen LogP contribution in [0.2, 0.25) is 0 Å². The largest absolute Gasteiger partial charge is 0.465 e. The molecule has 10 nitrogen and oxygen atoms in total. The highest BCUT2D eigenvalue weighted by Gasteiger charge is 2.21. The van der Waals surface area contributed by atoms with Crippen LogP contribution in [-0.4, -0.2) is 45.9 Å². The lowest BCUT2D eigenvalue weighted by molar-refractivity contribution is -0.139. The van der Waals surface area contributed by atoms with Gasteiger partial charge in [0.15, 0.2) is 17.7 Å². The number of amidine groups is 1. The first-order chi connectivity index (χ1) is 19.8. The summed E-state index contributed by atoms with van der Waals surface area (Å²) in [7, 11) is 0. The van der Waals surface area contributed by atoms with Gasteiger partial charge in [0.25, 0.3) is 0 Å². The van der Waals surface area contributed by atoms with Crippen molar-refractivity contribution < 1.29 is 19.1 Å². The second kappa shape index (κ2) is 20.7. The topological polar surface area (TPSA) is 145 Å². The zero-order chi connectivity index (χ0) is 30.5. The molecule has 220 valence electrons. The Kier molecular flexibility index (Phi) is 17.6. The third kappa shape index (κ3) is 13.2. The first-order valence-electron chi connectivity index (χ1n) is 13.3. The van der Waals surface area contributed by atoms with Gasteiger partial charge in [-0.25, -0.2) is 9.78 Å². The third-order valence-corrected chi connectivity index (χ3v) is 5.74. The van der Waals surface area contributed by atoms with E-state index in [9.17, 15) is 9.59 Å². The van der Waals surface area contributed by atoms with E-state index in [1.807, 2.05) is 85.3 Å². The number of benzene rings is 2. The number of nitrogens with zero attached hydrogens (tertiary/aromatic N) is 4. The number of nitrogen functional groups attached to an aromatic ring is 1. The van der Waals surface area contributed by atoms with E-state index in [1.165, 1.54) is 0 Å². The Morgan fingerprint density at radius 3 is 2.05 bits per heavy atom. The van der Waals surface area contributed by atoms with Gasteiger partial charge in [-0.15, -0.1) is 0 Å². The number of anilines is 1. The number of hydrogen-bond donors (Lipinski definition) is 2. The molecule has 0 unspecified atom stereocenters. The van der Waals surface area contributed by atoms with Crippen molar-refractivity contribution in [1.29, 1.82) is 5.26 Å². The van der Waals surface area contributed by atoms with Crippen molar-refractivity contribution in [1.82, 2.24) is 14.9 Å². The predicted octanol–water partition coefficient (Wildman–Crippen LogP) is 5.26. The molecule has 3 aromatic rings. The Balaban J connectivity index is 0.000000347. The Morgan fingerprint density at radius 2 is 1.59 bits per heavy atom. The minimum Gasteiger partial charge on any atom is -0.465 e. The van der Waals surface area contributed by atoms with Crippen molar-refractivity contribution in [3.63, 3.8) is 0 Å². The van der Waals surface area contributed by atoms with Gasteiger partial charge in [-0.1, -0.05) is 90.4 Å². The molecule has 0 saturated heterocycles. The number of aliphatic imine (C=N–C) groups is 1. The highest BCUT2D eigenvalue weighted by atomic mass is 79.9. The summed E-state index contributed by atoms with van der Waals surface area (Å²) in [4.78, 5) is 30.7. The molecule has 0 aliphatic heterocycles. The Morgan fingerprint density at radius 1 is 1.00 bits per heavy atom. The number of nitrogens with one attached hydrogen (secondary N) is 1. The molecule has 0 aliphatic rings. The van der Waals surface area contributed by atoms with Crippen LogP contribution in [0.1, 0.15) is 61.6 Å². The lowest BCUT2D eigenvalue weighted by Gasteiger charge is -2.11. The van der Waals surface area contributed by atoms with E-state index in [4.69, 9.17) is 15.7 Å². The normalized spacial score (nSPS) is 10.2. The van der Waals surface area contributed by atoms with Gasteiger partial charge in [0.1, 0.15) is 17.0 Å². The van der Waals surface area contributed by atoms with Gasteiger partial charge in [0.2, 0.25) is 0 Å². The van der Waals surface area contributed by atoms with Gasteiger partial charge >= 0.3 is 11.9 Å². The summed E-state index contributed by atoms with van der Waals surface area (Å²) in [5.74, 6) is 1.12. The molecule has 0 saturated carbocycles. The van der Waals surface area contributed by atoms with Crippen molar-refractivity contribution in [3.05, 3.63) is 83.3 Å². The van der Waals surface area contributed by atoms with E-state index >= 15 is 0 Å². The van der Waals surface area contributed by atoms with Crippen molar-refractivity contribution in [2.45, 2.75) is 53.6 Å². The van der Waals surface area contributed by atoms with Gasteiger partial charge in [0.05, 0.1) is 19.8 Å². The van der Waals surface area contributed by atoms with Crippen molar-refractivity contribution in [3.8, 4) is 6.19 Å². The summed E-state index contributed by atoms with van der Waals surface area (Å²) in [6.07, 6.45) is 3.33. The first-order valence-corrected chi connectivity index (χ1v) is 14.5. The molecule has 0 atom stereocenters. The molecule has 3 rings (SSSR count). The number of hydrogen-bond acceptors (Lipinski definition) is 8. The first kappa shape index (κ1) is 34.9. The maximum atomic E-state index is 12.0. The molecular weight excluding hydrogens is 588 g/mol. The Hall–Kier alpha value is -4.17. The van der Waals surface area contributed by atoms with Crippen LogP contribution >= 0.6 is 15.9 Å². The van der Waals surface area contributed by atoms with E-state index in [0.717, 1.165) is 29.2 Å². The number of rotatable bonds is 10. The Labute approximate surface area is 250 Å². The number of ether oxygens (including phenoxy) is 2. The zero-order valence-electron chi connectivity index (χ0n) is 24.1. The summed E-state index contributed by atoms with van der Waals surface area (Å²) in [5.41, 5.74) is 8.45. The van der Waals surface area contributed by atoms with Gasteiger partial charge in [-0.05, 0) is 25.0 Å². The van der Waals surface area contributed by atoms with Crippen LogP contribution in [0.15, 0.2) is 65.7 Å². The standard InChI is InChI=1S/C15H19N3O2.C11H13N3.C4H7BrO2/c1-3-12-17-14(16)13(15(19)20-4-2)18(12)10-11-8-6-5-7-9-11;1-2-11(14-9-12)13-8-10-6-4-3-5-7-10;1-2-7-4(6)3-5/h5-9H,3-4,10,16H2,1-2H3;3-7H,2,8H2,1H3,(H,13,14);2-3H2,1H3. The average Bonchev–Trinajstić information content (AvgIpc) is 3.31. The molecule has 1 aromatic heterocycles. The number of aromatic nitrogens is 2. The molecule has 0 radical (unpaired) electrons. The van der Waals surface area contributed by atoms with Crippen molar-refractivity contribution in [2.24, 2.45) is 4.99 Å². The van der Waals surface area contributed by atoms with E-state index < -0.39 is 5.97 Å². The van der Waals surface area contributed by atoms with E-state index in [-0.39, 0.29) is 11.8 Å². The Bertz CT molecular complexity index is 1260. The molecule has 0 aliphatic carbocycles. The molecular formula is C30H39BrN6O4. The summed E-state index contributed by atoms with van der Waals surface area (Å²) in [6.45, 7) is 9.46. The van der Waals surface area contributed by atoms with Gasteiger partial charge < -0.3 is 19.8 Å². The molecule has 1 heterocycles. The zero-order valence-corrected chi connectivity index (χ0v) is 25.7. The van der Waals surface area contributed by atoms with E-state index in [0.29, 0.717) is 43.7 Å². The summed E-state index contributed by atoms with van der Waals surface area (Å²) >= 11 is 2.94. The quantitative estimate of drug-likeness (QED) is 0.0774. The number of halogens is 1. The summed E-state index contributed by atoms with van der Waals surface area (Å²) in [6, 6.07) is 19.9. The summed E-state index contributed by atoms with van der Waals surface area (Å²) < 4.78 is 11.4. The number of imidazole rings is 1. The predicted molar refractivity (Wildman–Crippen MR) is 165 cm³/mol. The average molecular weight is 628 g/mol. The number of nitriles is 1. The highest BCUT2D eigenvalue weighted by Crippen LogP contribution is 2.18. The molecule has 0 amide bonds. The van der Waals surface area contributed by atoms with Crippen LogP contribution in [-0.2, 0) is 33.8 Å². The molecule has 11 heteroatoms. The van der Waals surface area contributed by atoms with Gasteiger partial charge in [0, 0.05) is 19.4 Å². The summed E-state index contributed by atoms with van der Waals surface area (Å²) in [5, 5.41) is 11.3. The van der Waals surface area contributed by atoms with Crippen LogP contribution < -0.4 is 11.1 Å². The van der Waals surface area contributed by atoms with Crippen LogP contribution in [0.25, 0.3) is 0 Å². The van der Waals surface area contributed by atoms with E-state index in [1.54, 1.807) is 13.8 Å². The lowest BCUT2D eigenvalue weighted by atomic mass is 10.2. The maximum Gasteiger partial charge on any atom is 0.358 e. The fourth-order valence-corrected chi connectivity index (χ4v) is 3.58. The fourth-order valence-electron chi connectivity index (χ4n) is 3.41. The molecule has 2 aromatic carbocycles. The minimum atomic E-state index is -0.423. The monoisotopic (exact) mass is 626 g/mol. The molecule has 0 fully saturated rings. The smallest absolute Gasteiger partial charge is 0.358 e. The number of esters is 2. The van der Waals surface area contributed by atoms with E-state index in [2.05, 4.69) is 36.0 Å².